The second-order valence-electron chi connectivity index (χ2n) is 6.23. The van der Waals surface area contributed by atoms with Crippen LogP contribution in [-0.4, -0.2) is 7.11 Å². The molecule has 0 spiro atoms. The van der Waals surface area contributed by atoms with Gasteiger partial charge in [-0.3, -0.25) is 0 Å². The summed E-state index contributed by atoms with van der Waals surface area (Å²) >= 11 is 0. The first-order valence-electron chi connectivity index (χ1n) is 8.09. The number of hydrogen-bond donors (Lipinski definition) is 0. The van der Waals surface area contributed by atoms with Gasteiger partial charge in [0.25, 0.3) is 0 Å². The Hall–Kier alpha value is -2.54. The summed E-state index contributed by atoms with van der Waals surface area (Å²) < 4.78 is 5.32. The largest absolute Gasteiger partial charge is 0.497 e. The van der Waals surface area contributed by atoms with Gasteiger partial charge in [0.1, 0.15) is 5.75 Å². The van der Waals surface area contributed by atoms with Crippen LogP contribution in [0.4, 0.5) is 0 Å². The Labute approximate surface area is 137 Å². The number of methoxy groups -OCH3 is 1. The van der Waals surface area contributed by atoms with E-state index in [0.29, 0.717) is 5.92 Å². The van der Waals surface area contributed by atoms with Crippen LogP contribution in [0, 0.1) is 0 Å². The number of ether oxygens (including phenoxy) is 1. The van der Waals surface area contributed by atoms with E-state index in [0.717, 1.165) is 12.2 Å². The zero-order chi connectivity index (χ0) is 15.7. The quantitative estimate of drug-likeness (QED) is 0.646. The van der Waals surface area contributed by atoms with E-state index < -0.39 is 0 Å². The molecule has 1 aliphatic rings. The van der Waals surface area contributed by atoms with Crippen LogP contribution in [0.3, 0.4) is 0 Å². The Morgan fingerprint density at radius 1 is 0.739 bits per heavy atom. The first-order chi connectivity index (χ1) is 11.3. The fourth-order valence-corrected chi connectivity index (χ4v) is 3.78. The lowest BCUT2D eigenvalue weighted by atomic mass is 9.84. The second-order valence-corrected chi connectivity index (χ2v) is 6.23. The highest BCUT2D eigenvalue weighted by Crippen LogP contribution is 2.64. The fourth-order valence-electron chi connectivity index (χ4n) is 3.78. The van der Waals surface area contributed by atoms with Crippen LogP contribution in [0.5, 0.6) is 5.75 Å². The van der Waals surface area contributed by atoms with Crippen molar-refractivity contribution in [3.63, 3.8) is 0 Å². The van der Waals surface area contributed by atoms with Gasteiger partial charge in [-0.05, 0) is 41.2 Å². The molecule has 0 bridgehead atoms. The molecule has 0 heterocycles. The minimum atomic E-state index is 0.0921. The summed E-state index contributed by atoms with van der Waals surface area (Å²) in [5.74, 6) is 1.45. The van der Waals surface area contributed by atoms with E-state index in [4.69, 9.17) is 4.74 Å². The van der Waals surface area contributed by atoms with Crippen LogP contribution < -0.4 is 4.74 Å². The van der Waals surface area contributed by atoms with Crippen molar-refractivity contribution in [2.24, 2.45) is 0 Å². The van der Waals surface area contributed by atoms with Gasteiger partial charge in [-0.15, -0.1) is 0 Å². The first kappa shape index (κ1) is 14.1. The zero-order valence-corrected chi connectivity index (χ0v) is 13.3. The lowest BCUT2D eigenvalue weighted by Crippen LogP contribution is -2.11. The topological polar surface area (TPSA) is 9.23 Å². The third-order valence-electron chi connectivity index (χ3n) is 5.06. The average Bonchev–Trinajstić information content (AvgIpc) is 3.40. The van der Waals surface area contributed by atoms with Crippen LogP contribution in [0.2, 0.25) is 0 Å². The molecule has 0 unspecified atom stereocenters. The summed E-state index contributed by atoms with van der Waals surface area (Å²) in [7, 11) is 1.71. The predicted octanol–water partition coefficient (Wildman–Crippen LogP) is 5.17. The maximum atomic E-state index is 5.32. The van der Waals surface area contributed by atoms with E-state index in [1.807, 2.05) is 0 Å². The van der Waals surface area contributed by atoms with Crippen LogP contribution in [0.15, 0.2) is 84.9 Å². The zero-order valence-electron chi connectivity index (χ0n) is 13.3. The van der Waals surface area contributed by atoms with E-state index in [2.05, 4.69) is 84.9 Å². The molecule has 2 atom stereocenters. The molecule has 1 aliphatic carbocycles. The smallest absolute Gasteiger partial charge is 0.118 e. The Bertz CT molecular complexity index is 777. The molecule has 3 aromatic carbocycles. The molecule has 4 rings (SSSR count). The molecule has 1 nitrogen and oxygen atoms in total. The van der Waals surface area contributed by atoms with Gasteiger partial charge in [-0.2, -0.15) is 0 Å². The van der Waals surface area contributed by atoms with Gasteiger partial charge in [0.05, 0.1) is 7.11 Å². The molecule has 0 saturated heterocycles. The minimum absolute atomic E-state index is 0.0921. The standard InChI is InChI=1S/C22H20O/c1-23-20-14-12-19(13-15-20)22(18-10-6-3-7-11-18)16-21(22)17-8-4-2-5-9-17/h2-15,21H,16H2,1H3/t21-,22-/m1/s1. The first-order valence-corrected chi connectivity index (χ1v) is 8.09. The molecule has 23 heavy (non-hydrogen) atoms. The molecule has 0 aliphatic heterocycles. The molecule has 1 saturated carbocycles. The fraction of sp³-hybridized carbons (Fsp3) is 0.182. The lowest BCUT2D eigenvalue weighted by Gasteiger charge is -2.20. The SMILES string of the molecule is COc1ccc([C@]2(c3ccccc3)C[C@@H]2c2ccccc2)cc1. The van der Waals surface area contributed by atoms with E-state index in [-0.39, 0.29) is 5.41 Å². The molecular weight excluding hydrogens is 280 g/mol. The van der Waals surface area contributed by atoms with Crippen LogP contribution >= 0.6 is 0 Å². The summed E-state index contributed by atoms with van der Waals surface area (Å²) in [6.07, 6.45) is 1.16. The molecule has 114 valence electrons. The van der Waals surface area contributed by atoms with Crippen LogP contribution in [0.1, 0.15) is 29.0 Å². The summed E-state index contributed by atoms with van der Waals surface area (Å²) in [5, 5.41) is 0. The van der Waals surface area contributed by atoms with Gasteiger partial charge in [-0.1, -0.05) is 72.8 Å². The minimum Gasteiger partial charge on any atom is -0.497 e. The monoisotopic (exact) mass is 300 g/mol. The molecular formula is C22H20O. The highest BCUT2D eigenvalue weighted by atomic mass is 16.5. The summed E-state index contributed by atoms with van der Waals surface area (Å²) in [5.41, 5.74) is 4.29. The van der Waals surface area contributed by atoms with E-state index in [9.17, 15) is 0 Å². The Morgan fingerprint density at radius 2 is 1.30 bits per heavy atom. The third kappa shape index (κ3) is 2.33. The molecule has 1 fully saturated rings. The molecule has 3 aromatic rings. The summed E-state index contributed by atoms with van der Waals surface area (Å²) in [6, 6.07) is 30.3. The van der Waals surface area contributed by atoms with Crippen molar-refractivity contribution in [1.29, 1.82) is 0 Å². The van der Waals surface area contributed by atoms with Gasteiger partial charge in [0, 0.05) is 5.41 Å². The highest BCUT2D eigenvalue weighted by Gasteiger charge is 2.56. The van der Waals surface area contributed by atoms with Crippen LogP contribution in [0.25, 0.3) is 0 Å². The van der Waals surface area contributed by atoms with Gasteiger partial charge in [0.15, 0.2) is 0 Å². The summed E-state index contributed by atoms with van der Waals surface area (Å²) in [4.78, 5) is 0. The number of benzene rings is 3. The van der Waals surface area contributed by atoms with Crippen molar-refractivity contribution in [3.8, 4) is 5.75 Å². The molecule has 0 radical (unpaired) electrons. The van der Waals surface area contributed by atoms with Crippen molar-refractivity contribution in [2.75, 3.05) is 7.11 Å². The van der Waals surface area contributed by atoms with Gasteiger partial charge in [-0.25, -0.2) is 0 Å². The maximum absolute atomic E-state index is 5.32. The molecule has 0 N–H and O–H groups in total. The van der Waals surface area contributed by atoms with Gasteiger partial charge >= 0.3 is 0 Å². The average molecular weight is 300 g/mol. The van der Waals surface area contributed by atoms with Crippen molar-refractivity contribution in [3.05, 3.63) is 102 Å². The van der Waals surface area contributed by atoms with Crippen molar-refractivity contribution < 1.29 is 4.74 Å². The van der Waals surface area contributed by atoms with Crippen molar-refractivity contribution >= 4 is 0 Å². The lowest BCUT2D eigenvalue weighted by molar-refractivity contribution is 0.414. The Kier molecular flexibility index (Phi) is 3.42. The van der Waals surface area contributed by atoms with E-state index in [1.165, 1.54) is 16.7 Å². The Balaban J connectivity index is 1.80. The van der Waals surface area contributed by atoms with Gasteiger partial charge in [0.2, 0.25) is 0 Å². The van der Waals surface area contributed by atoms with E-state index in [1.54, 1.807) is 7.11 Å². The molecule has 1 heteroatoms. The van der Waals surface area contributed by atoms with Crippen LogP contribution in [-0.2, 0) is 5.41 Å². The number of hydrogen-bond acceptors (Lipinski definition) is 1. The molecule has 0 aromatic heterocycles. The summed E-state index contributed by atoms with van der Waals surface area (Å²) in [6.45, 7) is 0. The second kappa shape index (κ2) is 5.58. The highest BCUT2D eigenvalue weighted by molar-refractivity contribution is 5.53. The molecule has 0 amide bonds. The maximum Gasteiger partial charge on any atom is 0.118 e. The third-order valence-corrected chi connectivity index (χ3v) is 5.06. The van der Waals surface area contributed by atoms with Crippen molar-refractivity contribution in [2.45, 2.75) is 17.8 Å². The predicted molar refractivity (Wildman–Crippen MR) is 94.0 cm³/mol. The van der Waals surface area contributed by atoms with Crippen molar-refractivity contribution in [1.82, 2.24) is 0 Å². The van der Waals surface area contributed by atoms with E-state index >= 15 is 0 Å². The van der Waals surface area contributed by atoms with Gasteiger partial charge < -0.3 is 4.74 Å². The Morgan fingerprint density at radius 3 is 1.91 bits per heavy atom. The normalized spacial score (nSPS) is 22.6. The number of rotatable bonds is 4.